The van der Waals surface area contributed by atoms with E-state index in [0.29, 0.717) is 5.69 Å². The molecule has 0 fully saturated rings. The lowest BCUT2D eigenvalue weighted by Gasteiger charge is -2.20. The number of carbonyl (C=O) groups is 1. The summed E-state index contributed by atoms with van der Waals surface area (Å²) >= 11 is 0. The second-order valence-corrected chi connectivity index (χ2v) is 6.93. The van der Waals surface area contributed by atoms with Gasteiger partial charge in [-0.15, -0.1) is 0 Å². The third-order valence-electron chi connectivity index (χ3n) is 3.55. The van der Waals surface area contributed by atoms with Crippen molar-refractivity contribution in [1.82, 2.24) is 0 Å². The number of benzene rings is 2. The summed E-state index contributed by atoms with van der Waals surface area (Å²) in [4.78, 5) is 11.9. The Kier molecular flexibility index (Phi) is 5.50. The van der Waals surface area contributed by atoms with E-state index in [-0.39, 0.29) is 6.04 Å². The molecule has 24 heavy (non-hydrogen) atoms. The van der Waals surface area contributed by atoms with Gasteiger partial charge in [0.2, 0.25) is 0 Å². The number of rotatable bonds is 4. The lowest BCUT2D eigenvalue weighted by Crippen LogP contribution is -2.27. The van der Waals surface area contributed by atoms with E-state index in [1.807, 2.05) is 57.2 Å². The fraction of sp³-hybridized carbons (Fsp3) is 0.350. The average Bonchev–Trinajstić information content (AvgIpc) is 2.45. The molecule has 0 aliphatic heterocycles. The molecule has 2 aromatic rings. The van der Waals surface area contributed by atoms with Crippen LogP contribution in [-0.4, -0.2) is 11.7 Å². The fourth-order valence-corrected chi connectivity index (χ4v) is 2.51. The van der Waals surface area contributed by atoms with Crippen molar-refractivity contribution in [3.05, 3.63) is 59.7 Å². The van der Waals surface area contributed by atoms with Gasteiger partial charge in [-0.3, -0.25) is 5.32 Å². The molecule has 0 spiro atoms. The van der Waals surface area contributed by atoms with E-state index in [4.69, 9.17) is 4.74 Å². The molecule has 0 aliphatic rings. The Morgan fingerprint density at radius 3 is 2.38 bits per heavy atom. The second-order valence-electron chi connectivity index (χ2n) is 6.93. The molecular weight excluding hydrogens is 300 g/mol. The van der Waals surface area contributed by atoms with Crippen molar-refractivity contribution in [1.29, 1.82) is 0 Å². The van der Waals surface area contributed by atoms with Crippen LogP contribution in [0.25, 0.3) is 0 Å². The number of hydrogen-bond acceptors (Lipinski definition) is 3. The first-order valence-electron chi connectivity index (χ1n) is 8.17. The van der Waals surface area contributed by atoms with Crippen molar-refractivity contribution < 1.29 is 9.53 Å². The van der Waals surface area contributed by atoms with Crippen molar-refractivity contribution >= 4 is 17.5 Å². The van der Waals surface area contributed by atoms with Gasteiger partial charge in [0, 0.05) is 17.4 Å². The molecule has 0 radical (unpaired) electrons. The molecule has 2 aromatic carbocycles. The summed E-state index contributed by atoms with van der Waals surface area (Å²) in [6, 6.07) is 16.1. The van der Waals surface area contributed by atoms with Gasteiger partial charge in [0.15, 0.2) is 0 Å². The lowest BCUT2D eigenvalue weighted by molar-refractivity contribution is 0.0636. The summed E-state index contributed by atoms with van der Waals surface area (Å²) in [5.74, 6) is 0. The SMILES string of the molecule is Cc1ccccc1C(C)Nc1cccc(NC(=O)OC(C)(C)C)c1. The van der Waals surface area contributed by atoms with Crippen molar-refractivity contribution in [2.75, 3.05) is 10.6 Å². The molecule has 2 N–H and O–H groups in total. The Morgan fingerprint density at radius 1 is 1.04 bits per heavy atom. The molecule has 4 nitrogen and oxygen atoms in total. The molecule has 2 rings (SSSR count). The number of nitrogens with one attached hydrogen (secondary N) is 2. The molecule has 1 amide bonds. The minimum absolute atomic E-state index is 0.169. The molecule has 128 valence electrons. The zero-order valence-electron chi connectivity index (χ0n) is 15.0. The fourth-order valence-electron chi connectivity index (χ4n) is 2.51. The highest BCUT2D eigenvalue weighted by Gasteiger charge is 2.16. The third kappa shape index (κ3) is 5.30. The zero-order valence-corrected chi connectivity index (χ0v) is 15.0. The number of carbonyl (C=O) groups excluding carboxylic acids is 1. The third-order valence-corrected chi connectivity index (χ3v) is 3.55. The minimum Gasteiger partial charge on any atom is -0.444 e. The molecule has 0 saturated carbocycles. The first kappa shape index (κ1) is 17.9. The summed E-state index contributed by atoms with van der Waals surface area (Å²) in [5.41, 5.74) is 3.63. The van der Waals surface area contributed by atoms with Gasteiger partial charge in [-0.05, 0) is 63.9 Å². The quantitative estimate of drug-likeness (QED) is 0.778. The van der Waals surface area contributed by atoms with Crippen LogP contribution in [0.2, 0.25) is 0 Å². The Morgan fingerprint density at radius 2 is 1.71 bits per heavy atom. The van der Waals surface area contributed by atoms with Crippen LogP contribution in [0, 0.1) is 6.92 Å². The van der Waals surface area contributed by atoms with Crippen LogP contribution < -0.4 is 10.6 Å². The van der Waals surface area contributed by atoms with Crippen molar-refractivity contribution in [3.8, 4) is 0 Å². The van der Waals surface area contributed by atoms with Crippen LogP contribution in [0.15, 0.2) is 48.5 Å². The van der Waals surface area contributed by atoms with E-state index in [0.717, 1.165) is 5.69 Å². The molecule has 0 saturated heterocycles. The van der Waals surface area contributed by atoms with E-state index in [2.05, 4.69) is 36.6 Å². The normalized spacial score (nSPS) is 12.4. The summed E-state index contributed by atoms with van der Waals surface area (Å²) in [5, 5.41) is 6.23. The van der Waals surface area contributed by atoms with Gasteiger partial charge < -0.3 is 10.1 Å². The summed E-state index contributed by atoms with van der Waals surface area (Å²) in [6.45, 7) is 9.75. The highest BCUT2D eigenvalue weighted by Crippen LogP contribution is 2.24. The lowest BCUT2D eigenvalue weighted by atomic mass is 10.0. The Hall–Kier alpha value is -2.49. The molecule has 0 aliphatic carbocycles. The van der Waals surface area contributed by atoms with E-state index < -0.39 is 11.7 Å². The van der Waals surface area contributed by atoms with E-state index in [1.54, 1.807) is 0 Å². The van der Waals surface area contributed by atoms with Gasteiger partial charge in [0.05, 0.1) is 0 Å². The Bertz CT molecular complexity index is 705. The van der Waals surface area contributed by atoms with Gasteiger partial charge in [0.1, 0.15) is 5.60 Å². The van der Waals surface area contributed by atoms with E-state index >= 15 is 0 Å². The highest BCUT2D eigenvalue weighted by molar-refractivity contribution is 5.85. The number of hydrogen-bond donors (Lipinski definition) is 2. The maximum atomic E-state index is 11.9. The topological polar surface area (TPSA) is 50.4 Å². The number of ether oxygens (including phenoxy) is 1. The van der Waals surface area contributed by atoms with Crippen LogP contribution in [0.1, 0.15) is 44.9 Å². The molecule has 1 atom stereocenters. The molecule has 1 unspecified atom stereocenters. The van der Waals surface area contributed by atoms with Crippen LogP contribution in [-0.2, 0) is 4.74 Å². The smallest absolute Gasteiger partial charge is 0.412 e. The van der Waals surface area contributed by atoms with Crippen LogP contribution >= 0.6 is 0 Å². The van der Waals surface area contributed by atoms with Gasteiger partial charge in [-0.2, -0.15) is 0 Å². The first-order chi connectivity index (χ1) is 11.2. The van der Waals surface area contributed by atoms with Gasteiger partial charge >= 0.3 is 6.09 Å². The van der Waals surface area contributed by atoms with E-state index in [1.165, 1.54) is 11.1 Å². The number of aryl methyl sites for hydroxylation is 1. The minimum atomic E-state index is -0.515. The maximum Gasteiger partial charge on any atom is 0.412 e. The predicted molar refractivity (Wildman–Crippen MR) is 99.5 cm³/mol. The summed E-state index contributed by atoms with van der Waals surface area (Å²) in [6.07, 6.45) is -0.452. The van der Waals surface area contributed by atoms with Crippen LogP contribution in [0.3, 0.4) is 0 Å². The number of amides is 1. The van der Waals surface area contributed by atoms with Gasteiger partial charge in [-0.1, -0.05) is 30.3 Å². The first-order valence-corrected chi connectivity index (χ1v) is 8.17. The average molecular weight is 326 g/mol. The largest absolute Gasteiger partial charge is 0.444 e. The monoisotopic (exact) mass is 326 g/mol. The van der Waals surface area contributed by atoms with Crippen LogP contribution in [0.4, 0.5) is 16.2 Å². The molecule has 0 heterocycles. The summed E-state index contributed by atoms with van der Waals surface area (Å²) < 4.78 is 5.28. The predicted octanol–water partition coefficient (Wildman–Crippen LogP) is 5.52. The van der Waals surface area contributed by atoms with Crippen LogP contribution in [0.5, 0.6) is 0 Å². The second kappa shape index (κ2) is 7.39. The highest BCUT2D eigenvalue weighted by atomic mass is 16.6. The Labute approximate surface area is 144 Å². The molecule has 4 heteroatoms. The number of anilines is 2. The van der Waals surface area contributed by atoms with Crippen molar-refractivity contribution in [2.45, 2.75) is 46.3 Å². The van der Waals surface area contributed by atoms with Crippen molar-refractivity contribution in [2.24, 2.45) is 0 Å². The van der Waals surface area contributed by atoms with Crippen molar-refractivity contribution in [3.63, 3.8) is 0 Å². The summed E-state index contributed by atoms with van der Waals surface area (Å²) in [7, 11) is 0. The maximum absolute atomic E-state index is 11.9. The molecular formula is C20H26N2O2. The molecule has 0 bridgehead atoms. The van der Waals surface area contributed by atoms with E-state index in [9.17, 15) is 4.79 Å². The molecule has 0 aromatic heterocycles. The Balaban J connectivity index is 2.05. The standard InChI is InChI=1S/C20H26N2O2/c1-14-9-6-7-12-18(14)15(2)21-16-10-8-11-17(13-16)22-19(23)24-20(3,4)5/h6-13,15,21H,1-5H3,(H,22,23). The van der Waals surface area contributed by atoms with Gasteiger partial charge in [-0.25, -0.2) is 4.79 Å². The zero-order chi connectivity index (χ0) is 17.7. The van der Waals surface area contributed by atoms with Gasteiger partial charge in [0.25, 0.3) is 0 Å².